The summed E-state index contributed by atoms with van der Waals surface area (Å²) in [6, 6.07) is 13.1. The molecule has 34 heavy (non-hydrogen) atoms. The zero-order valence-corrected chi connectivity index (χ0v) is 19.2. The van der Waals surface area contributed by atoms with Crippen LogP contribution in [-0.2, 0) is 0 Å². The Kier molecular flexibility index (Phi) is 6.58. The van der Waals surface area contributed by atoms with Gasteiger partial charge in [-0.2, -0.15) is 0 Å². The second-order valence-electron chi connectivity index (χ2n) is 8.07. The molecule has 1 atom stereocenters. The Bertz CT molecular complexity index is 1220. The summed E-state index contributed by atoms with van der Waals surface area (Å²) >= 11 is 0. The maximum atomic E-state index is 13.0. The molecule has 1 aromatic heterocycles. The predicted octanol–water partition coefficient (Wildman–Crippen LogP) is 3.85. The summed E-state index contributed by atoms with van der Waals surface area (Å²) in [5, 5.41) is 11.1. The number of aromatic nitrogens is 2. The van der Waals surface area contributed by atoms with Gasteiger partial charge in [-0.05, 0) is 37.6 Å². The number of carbonyl (C=O) groups excluding carboxylic acids is 1. The van der Waals surface area contributed by atoms with Gasteiger partial charge in [0.1, 0.15) is 12.1 Å². The van der Waals surface area contributed by atoms with Crippen LogP contribution in [0.3, 0.4) is 0 Å². The number of ether oxygens (including phenoxy) is 2. The van der Waals surface area contributed by atoms with Crippen LogP contribution in [0.4, 0.5) is 11.5 Å². The van der Waals surface area contributed by atoms with E-state index < -0.39 is 4.92 Å². The van der Waals surface area contributed by atoms with Crippen molar-refractivity contribution in [3.63, 3.8) is 0 Å². The molecule has 3 aromatic rings. The number of non-ortho nitro benzene ring substituents is 1. The highest BCUT2D eigenvalue weighted by atomic mass is 16.6. The molecule has 2 heterocycles. The van der Waals surface area contributed by atoms with Crippen molar-refractivity contribution in [2.24, 2.45) is 0 Å². The summed E-state index contributed by atoms with van der Waals surface area (Å²) in [4.78, 5) is 35.9. The minimum atomic E-state index is -0.501. The summed E-state index contributed by atoms with van der Waals surface area (Å²) in [6.07, 6.45) is 1.44. The maximum absolute atomic E-state index is 13.0. The lowest BCUT2D eigenvalue weighted by atomic mass is 10.1. The highest BCUT2D eigenvalue weighted by molar-refractivity contribution is 5.95. The van der Waals surface area contributed by atoms with E-state index in [0.29, 0.717) is 48.4 Å². The maximum Gasteiger partial charge on any atom is 0.270 e. The van der Waals surface area contributed by atoms with Gasteiger partial charge >= 0.3 is 0 Å². The zero-order chi connectivity index (χ0) is 24.2. The van der Waals surface area contributed by atoms with E-state index in [1.807, 2.05) is 32.0 Å². The number of carbonyl (C=O) groups is 1. The molecule has 4 rings (SSSR count). The number of hydrogen-bond acceptors (Lipinski definition) is 8. The van der Waals surface area contributed by atoms with Crippen LogP contribution in [0, 0.1) is 17.0 Å². The van der Waals surface area contributed by atoms with Gasteiger partial charge in [-0.1, -0.05) is 12.1 Å². The number of rotatable bonds is 6. The van der Waals surface area contributed by atoms with Crippen LogP contribution < -0.4 is 14.4 Å². The first-order valence-corrected chi connectivity index (χ1v) is 10.8. The molecule has 10 nitrogen and oxygen atoms in total. The number of benzene rings is 2. The summed E-state index contributed by atoms with van der Waals surface area (Å²) in [5.41, 5.74) is 1.26. The van der Waals surface area contributed by atoms with E-state index in [1.165, 1.54) is 24.5 Å². The largest absolute Gasteiger partial charge is 0.493 e. The molecule has 1 aliphatic rings. The third kappa shape index (κ3) is 4.90. The van der Waals surface area contributed by atoms with Gasteiger partial charge in [-0.3, -0.25) is 14.9 Å². The molecule has 0 saturated carbocycles. The van der Waals surface area contributed by atoms with Crippen molar-refractivity contribution in [1.29, 1.82) is 0 Å². The molecular formula is C24H25N5O5. The zero-order valence-electron chi connectivity index (χ0n) is 19.2. The molecule has 1 saturated heterocycles. The Morgan fingerprint density at radius 1 is 1.12 bits per heavy atom. The number of hydrogen-bond donors (Lipinski definition) is 0. The summed E-state index contributed by atoms with van der Waals surface area (Å²) < 4.78 is 11.3. The highest BCUT2D eigenvalue weighted by Gasteiger charge is 2.29. The van der Waals surface area contributed by atoms with Crippen LogP contribution in [0.1, 0.15) is 22.8 Å². The Morgan fingerprint density at radius 3 is 2.68 bits per heavy atom. The molecule has 1 fully saturated rings. The number of aryl methyl sites for hydroxylation is 1. The van der Waals surface area contributed by atoms with Crippen molar-refractivity contribution in [1.82, 2.24) is 14.9 Å². The van der Waals surface area contributed by atoms with E-state index in [4.69, 9.17) is 9.47 Å². The Balaban J connectivity index is 1.46. The lowest BCUT2D eigenvalue weighted by molar-refractivity contribution is -0.384. The number of piperazine rings is 1. The van der Waals surface area contributed by atoms with E-state index in [1.54, 1.807) is 24.1 Å². The van der Waals surface area contributed by atoms with E-state index in [-0.39, 0.29) is 17.6 Å². The van der Waals surface area contributed by atoms with Gasteiger partial charge in [0.05, 0.1) is 12.0 Å². The van der Waals surface area contributed by atoms with Crippen molar-refractivity contribution in [3.05, 3.63) is 76.1 Å². The smallest absolute Gasteiger partial charge is 0.270 e. The van der Waals surface area contributed by atoms with Crippen molar-refractivity contribution >= 4 is 17.4 Å². The Hall–Kier alpha value is -4.21. The number of amides is 1. The van der Waals surface area contributed by atoms with Gasteiger partial charge < -0.3 is 19.3 Å². The van der Waals surface area contributed by atoms with Crippen LogP contribution in [0.2, 0.25) is 0 Å². The molecule has 176 valence electrons. The molecule has 2 aromatic carbocycles. The first-order chi connectivity index (χ1) is 16.4. The van der Waals surface area contributed by atoms with Crippen LogP contribution >= 0.6 is 0 Å². The average Bonchev–Trinajstić information content (AvgIpc) is 2.85. The summed E-state index contributed by atoms with van der Waals surface area (Å²) in [5.74, 6) is 2.01. The summed E-state index contributed by atoms with van der Waals surface area (Å²) in [6.45, 7) is 5.46. The molecule has 1 aliphatic heterocycles. The molecular weight excluding hydrogens is 438 g/mol. The fourth-order valence-electron chi connectivity index (χ4n) is 3.92. The van der Waals surface area contributed by atoms with E-state index in [2.05, 4.69) is 14.9 Å². The van der Waals surface area contributed by atoms with Crippen LogP contribution in [0.15, 0.2) is 54.9 Å². The quantitative estimate of drug-likeness (QED) is 0.400. The predicted molar refractivity (Wildman–Crippen MR) is 126 cm³/mol. The molecule has 0 N–H and O–H groups in total. The molecule has 0 radical (unpaired) electrons. The standard InChI is InChI=1S/C24H25N5O5/c1-16-7-8-20(21(11-16)33-3)34-23-13-22(25-15-26-23)27-9-10-28(17(2)14-27)24(30)18-5-4-6-19(12-18)29(31)32/h4-8,11-13,15,17H,9-10,14H2,1-3H3. The fourth-order valence-corrected chi connectivity index (χ4v) is 3.92. The molecule has 0 spiro atoms. The van der Waals surface area contributed by atoms with Gasteiger partial charge in [0.15, 0.2) is 11.5 Å². The second-order valence-corrected chi connectivity index (χ2v) is 8.07. The molecule has 0 aliphatic carbocycles. The number of methoxy groups -OCH3 is 1. The lowest BCUT2D eigenvalue weighted by Gasteiger charge is -2.40. The first kappa shape index (κ1) is 23.0. The van der Waals surface area contributed by atoms with Gasteiger partial charge in [0.2, 0.25) is 5.88 Å². The number of nitro groups is 1. The monoisotopic (exact) mass is 463 g/mol. The second kappa shape index (κ2) is 9.74. The SMILES string of the molecule is COc1cc(C)ccc1Oc1cc(N2CCN(C(=O)c3cccc([N+](=O)[O-])c3)C(C)C2)ncn1. The van der Waals surface area contributed by atoms with Crippen LogP contribution in [-0.4, -0.2) is 58.5 Å². The minimum absolute atomic E-state index is 0.101. The van der Waals surface area contributed by atoms with Crippen molar-refractivity contribution < 1.29 is 19.2 Å². The van der Waals surface area contributed by atoms with E-state index in [9.17, 15) is 14.9 Å². The lowest BCUT2D eigenvalue weighted by Crippen LogP contribution is -2.54. The van der Waals surface area contributed by atoms with E-state index >= 15 is 0 Å². The highest BCUT2D eigenvalue weighted by Crippen LogP contribution is 2.32. The number of nitro benzene ring substituents is 1. The van der Waals surface area contributed by atoms with Crippen molar-refractivity contribution in [2.45, 2.75) is 19.9 Å². The third-order valence-electron chi connectivity index (χ3n) is 5.68. The number of anilines is 1. The van der Waals surface area contributed by atoms with Crippen molar-refractivity contribution in [2.75, 3.05) is 31.6 Å². The van der Waals surface area contributed by atoms with Crippen LogP contribution in [0.5, 0.6) is 17.4 Å². The van der Waals surface area contributed by atoms with Gasteiger partial charge in [0.25, 0.3) is 11.6 Å². The molecule has 0 bridgehead atoms. The summed E-state index contributed by atoms with van der Waals surface area (Å²) in [7, 11) is 1.59. The van der Waals surface area contributed by atoms with Gasteiger partial charge in [-0.25, -0.2) is 9.97 Å². The normalized spacial score (nSPS) is 15.7. The molecule has 10 heteroatoms. The minimum Gasteiger partial charge on any atom is -0.493 e. The average molecular weight is 463 g/mol. The van der Waals surface area contributed by atoms with E-state index in [0.717, 1.165) is 5.56 Å². The Morgan fingerprint density at radius 2 is 1.94 bits per heavy atom. The Labute approximate surface area is 196 Å². The fraction of sp³-hybridized carbons (Fsp3) is 0.292. The molecule has 1 amide bonds. The topological polar surface area (TPSA) is 111 Å². The third-order valence-corrected chi connectivity index (χ3v) is 5.68. The van der Waals surface area contributed by atoms with Gasteiger partial charge in [0, 0.05) is 49.4 Å². The van der Waals surface area contributed by atoms with Gasteiger partial charge in [-0.15, -0.1) is 0 Å². The number of nitrogens with zero attached hydrogens (tertiary/aromatic N) is 5. The first-order valence-electron chi connectivity index (χ1n) is 10.8. The van der Waals surface area contributed by atoms with Crippen molar-refractivity contribution in [3.8, 4) is 17.4 Å². The molecule has 1 unspecified atom stereocenters. The van der Waals surface area contributed by atoms with Crippen LogP contribution in [0.25, 0.3) is 0 Å².